The molecule has 5 rings (SSSR count). The molecule has 0 N–H and O–H groups in total. The highest BCUT2D eigenvalue weighted by Gasteiger charge is 2.35. The quantitative estimate of drug-likeness (QED) is 0.617. The minimum atomic E-state index is 0.616. The first kappa shape index (κ1) is 16.2. The van der Waals surface area contributed by atoms with Gasteiger partial charge in [-0.1, -0.05) is 24.3 Å². The molecule has 2 bridgehead atoms. The molecule has 4 nitrogen and oxygen atoms in total. The third-order valence-electron chi connectivity index (χ3n) is 5.53. The van der Waals surface area contributed by atoms with Crippen molar-refractivity contribution in [1.29, 1.82) is 0 Å². The molecule has 134 valence electrons. The van der Waals surface area contributed by atoms with E-state index in [1.54, 1.807) is 12.4 Å². The van der Waals surface area contributed by atoms with Crippen LogP contribution in [0.1, 0.15) is 12.8 Å². The van der Waals surface area contributed by atoms with Gasteiger partial charge in [-0.05, 0) is 54.9 Å². The Morgan fingerprint density at radius 1 is 0.815 bits per heavy atom. The van der Waals surface area contributed by atoms with Gasteiger partial charge in [0, 0.05) is 24.5 Å². The first-order chi connectivity index (χ1) is 13.3. The largest absolute Gasteiger partial charge is 0.493 e. The fraction of sp³-hybridized carbons (Fsp3) is 0.261. The number of rotatable bonds is 5. The van der Waals surface area contributed by atoms with Crippen molar-refractivity contribution in [3.05, 3.63) is 73.1 Å². The van der Waals surface area contributed by atoms with E-state index in [4.69, 9.17) is 9.72 Å². The molecule has 3 aromatic rings. The molecule has 0 aliphatic heterocycles. The second-order valence-electron chi connectivity index (χ2n) is 7.35. The van der Waals surface area contributed by atoms with Crippen LogP contribution in [0.3, 0.4) is 0 Å². The number of fused-ring (bicyclic) bond motifs is 2. The Balaban J connectivity index is 1.45. The molecule has 0 aromatic carbocycles. The van der Waals surface area contributed by atoms with Crippen LogP contribution in [0.2, 0.25) is 0 Å². The molecule has 0 spiro atoms. The number of hydrogen-bond acceptors (Lipinski definition) is 4. The summed E-state index contributed by atoms with van der Waals surface area (Å²) in [7, 11) is 0. The van der Waals surface area contributed by atoms with Crippen molar-refractivity contribution in [2.24, 2.45) is 17.8 Å². The predicted molar refractivity (Wildman–Crippen MR) is 105 cm³/mol. The van der Waals surface area contributed by atoms with Crippen molar-refractivity contribution >= 4 is 0 Å². The molecule has 1 fully saturated rings. The van der Waals surface area contributed by atoms with Crippen molar-refractivity contribution in [3.8, 4) is 28.5 Å². The molecule has 3 atom stereocenters. The number of nitrogens with zero attached hydrogens (tertiary/aromatic N) is 3. The molecule has 3 heterocycles. The van der Waals surface area contributed by atoms with Gasteiger partial charge in [-0.15, -0.1) is 0 Å². The maximum atomic E-state index is 6.24. The first-order valence-electron chi connectivity index (χ1n) is 9.51. The Morgan fingerprint density at radius 2 is 1.52 bits per heavy atom. The van der Waals surface area contributed by atoms with E-state index in [0.717, 1.165) is 41.1 Å². The van der Waals surface area contributed by atoms with E-state index < -0.39 is 0 Å². The summed E-state index contributed by atoms with van der Waals surface area (Å²) in [6.07, 6.45) is 10.8. The van der Waals surface area contributed by atoms with Crippen LogP contribution in [0.25, 0.3) is 22.8 Å². The van der Waals surface area contributed by atoms with Crippen LogP contribution in [-0.2, 0) is 0 Å². The fourth-order valence-corrected chi connectivity index (χ4v) is 4.17. The van der Waals surface area contributed by atoms with Gasteiger partial charge < -0.3 is 4.74 Å². The van der Waals surface area contributed by atoms with Gasteiger partial charge in [-0.2, -0.15) is 0 Å². The fourth-order valence-electron chi connectivity index (χ4n) is 4.17. The Morgan fingerprint density at radius 3 is 2.04 bits per heavy atom. The molecule has 4 heteroatoms. The summed E-state index contributed by atoms with van der Waals surface area (Å²) in [5.41, 5.74) is 3.29. The minimum absolute atomic E-state index is 0.616. The van der Waals surface area contributed by atoms with Crippen molar-refractivity contribution in [3.63, 3.8) is 0 Å². The molecule has 2 aliphatic rings. The zero-order valence-corrected chi connectivity index (χ0v) is 15.0. The molecule has 27 heavy (non-hydrogen) atoms. The van der Waals surface area contributed by atoms with E-state index in [9.17, 15) is 0 Å². The lowest BCUT2D eigenvalue weighted by molar-refractivity contribution is 0.228. The summed E-state index contributed by atoms with van der Waals surface area (Å²) in [5, 5.41) is 0. The lowest BCUT2D eigenvalue weighted by Gasteiger charge is -2.19. The van der Waals surface area contributed by atoms with Crippen LogP contribution in [-0.4, -0.2) is 21.6 Å². The van der Waals surface area contributed by atoms with Crippen LogP contribution in [0.15, 0.2) is 73.1 Å². The highest BCUT2D eigenvalue weighted by Crippen LogP contribution is 2.43. The maximum Gasteiger partial charge on any atom is 0.123 e. The first-order valence-corrected chi connectivity index (χ1v) is 9.51. The van der Waals surface area contributed by atoms with Gasteiger partial charge in [0.25, 0.3) is 0 Å². The number of aromatic nitrogens is 3. The van der Waals surface area contributed by atoms with Crippen LogP contribution in [0.4, 0.5) is 0 Å². The summed E-state index contributed by atoms with van der Waals surface area (Å²) in [5.74, 6) is 2.89. The zero-order valence-electron chi connectivity index (χ0n) is 15.0. The van der Waals surface area contributed by atoms with Crippen molar-refractivity contribution in [2.75, 3.05) is 6.61 Å². The number of hydrogen-bond donors (Lipinski definition) is 0. The zero-order chi connectivity index (χ0) is 18.1. The Kier molecular flexibility index (Phi) is 4.17. The molecule has 0 amide bonds. The highest BCUT2D eigenvalue weighted by atomic mass is 16.5. The summed E-state index contributed by atoms with van der Waals surface area (Å²) >= 11 is 0. The van der Waals surface area contributed by atoms with E-state index in [-0.39, 0.29) is 0 Å². The minimum Gasteiger partial charge on any atom is -0.493 e. The van der Waals surface area contributed by atoms with Crippen molar-refractivity contribution in [2.45, 2.75) is 12.8 Å². The maximum absolute atomic E-state index is 6.24. The molecule has 0 saturated heterocycles. The van der Waals surface area contributed by atoms with Gasteiger partial charge in [0.1, 0.15) is 5.75 Å². The van der Waals surface area contributed by atoms with E-state index >= 15 is 0 Å². The summed E-state index contributed by atoms with van der Waals surface area (Å²) in [4.78, 5) is 13.7. The second kappa shape index (κ2) is 6.95. The molecular formula is C23H21N3O. The summed E-state index contributed by atoms with van der Waals surface area (Å²) in [6.45, 7) is 0.749. The lowest BCUT2D eigenvalue weighted by atomic mass is 9.95. The average Bonchev–Trinajstić information content (AvgIpc) is 3.37. The normalized spacial score (nSPS) is 22.9. The van der Waals surface area contributed by atoms with Gasteiger partial charge in [0.05, 0.1) is 29.4 Å². The predicted octanol–water partition coefficient (Wildman–Crippen LogP) is 4.80. The van der Waals surface area contributed by atoms with Crippen LogP contribution in [0, 0.1) is 17.8 Å². The number of ether oxygens (including phenoxy) is 1. The van der Waals surface area contributed by atoms with Gasteiger partial charge >= 0.3 is 0 Å². The molecule has 0 radical (unpaired) electrons. The van der Waals surface area contributed by atoms with E-state index in [1.165, 1.54) is 12.8 Å². The Labute approximate surface area is 159 Å². The lowest BCUT2D eigenvalue weighted by Crippen LogP contribution is -2.16. The SMILES string of the molecule is C1=CC2CC1CC2COc1cc(-c2ccccn2)nc(-c2ccccn2)c1. The molecule has 3 aromatic heterocycles. The standard InChI is InChI=1S/C23H21N3O/c1-3-9-24-20(5-1)22-13-19(14-23(26-22)21-6-2-4-10-25-21)27-15-18-12-16-7-8-17(18)11-16/h1-10,13-14,16-18H,11-12,15H2. The molecule has 3 unspecified atom stereocenters. The highest BCUT2D eigenvalue weighted by molar-refractivity contribution is 5.64. The number of allylic oxidation sites excluding steroid dienone is 2. The van der Waals surface area contributed by atoms with Gasteiger partial charge in [0.2, 0.25) is 0 Å². The van der Waals surface area contributed by atoms with Gasteiger partial charge in [0.15, 0.2) is 0 Å². The van der Waals surface area contributed by atoms with Crippen molar-refractivity contribution in [1.82, 2.24) is 15.0 Å². The summed E-state index contributed by atoms with van der Waals surface area (Å²) < 4.78 is 6.24. The van der Waals surface area contributed by atoms with E-state index in [1.807, 2.05) is 48.5 Å². The molecule has 2 aliphatic carbocycles. The van der Waals surface area contributed by atoms with Crippen LogP contribution < -0.4 is 4.74 Å². The van der Waals surface area contributed by atoms with E-state index in [2.05, 4.69) is 22.1 Å². The third kappa shape index (κ3) is 3.35. The van der Waals surface area contributed by atoms with Crippen LogP contribution in [0.5, 0.6) is 5.75 Å². The number of pyridine rings is 3. The van der Waals surface area contributed by atoms with Crippen LogP contribution >= 0.6 is 0 Å². The van der Waals surface area contributed by atoms with E-state index in [0.29, 0.717) is 11.8 Å². The monoisotopic (exact) mass is 355 g/mol. The third-order valence-corrected chi connectivity index (χ3v) is 5.53. The Hall–Kier alpha value is -3.01. The van der Waals surface area contributed by atoms with Gasteiger partial charge in [-0.3, -0.25) is 9.97 Å². The van der Waals surface area contributed by atoms with Gasteiger partial charge in [-0.25, -0.2) is 4.98 Å². The molecule has 1 saturated carbocycles. The smallest absolute Gasteiger partial charge is 0.123 e. The Bertz CT molecular complexity index is 898. The van der Waals surface area contributed by atoms with Crippen molar-refractivity contribution < 1.29 is 4.74 Å². The molecular weight excluding hydrogens is 334 g/mol. The second-order valence-corrected chi connectivity index (χ2v) is 7.35. The average molecular weight is 355 g/mol. The topological polar surface area (TPSA) is 47.9 Å². The summed E-state index contributed by atoms with van der Waals surface area (Å²) in [6, 6.07) is 15.7.